The van der Waals surface area contributed by atoms with Crippen LogP contribution in [0.25, 0.3) is 0 Å². The molecule has 0 saturated heterocycles. The Hall–Kier alpha value is -1.09. The number of nitrogens with zero attached hydrogens (tertiary/aromatic N) is 2. The largest absolute Gasteiger partial charge is 0.354 e. The molecule has 1 heterocycles. The number of nitrogens with one attached hydrogen (secondary N) is 1. The van der Waals surface area contributed by atoms with Crippen molar-refractivity contribution >= 4 is 5.82 Å². The van der Waals surface area contributed by atoms with Gasteiger partial charge in [-0.1, -0.05) is 19.8 Å². The first-order chi connectivity index (χ1) is 10.1. The third kappa shape index (κ3) is 5.31. The van der Waals surface area contributed by atoms with Gasteiger partial charge in [0.05, 0.1) is 0 Å². The molecule has 0 aliphatic heterocycles. The molecule has 1 fully saturated rings. The van der Waals surface area contributed by atoms with Crippen LogP contribution in [-0.2, 0) is 6.54 Å². The summed E-state index contributed by atoms with van der Waals surface area (Å²) in [7, 11) is 0. The fourth-order valence-electron chi connectivity index (χ4n) is 2.69. The Labute approximate surface area is 130 Å². The van der Waals surface area contributed by atoms with Crippen LogP contribution in [0.15, 0.2) is 12.1 Å². The van der Waals surface area contributed by atoms with E-state index in [2.05, 4.69) is 50.0 Å². The van der Waals surface area contributed by atoms with Crippen LogP contribution in [0.3, 0.4) is 0 Å². The Morgan fingerprint density at radius 1 is 1.29 bits per heavy atom. The SMILES string of the molecule is CCCCCN(c1cc(CNC2CC2)cc(C)n1)C(C)C. The summed E-state index contributed by atoms with van der Waals surface area (Å²) in [6.07, 6.45) is 6.49. The van der Waals surface area contributed by atoms with Crippen molar-refractivity contribution in [3.63, 3.8) is 0 Å². The van der Waals surface area contributed by atoms with Gasteiger partial charge < -0.3 is 10.2 Å². The van der Waals surface area contributed by atoms with Gasteiger partial charge in [0.15, 0.2) is 0 Å². The van der Waals surface area contributed by atoms with E-state index in [0.29, 0.717) is 6.04 Å². The minimum atomic E-state index is 0.500. The van der Waals surface area contributed by atoms with E-state index in [9.17, 15) is 0 Å². The molecule has 21 heavy (non-hydrogen) atoms. The summed E-state index contributed by atoms with van der Waals surface area (Å²) in [6, 6.07) is 5.74. The van der Waals surface area contributed by atoms with Crippen LogP contribution in [0, 0.1) is 6.92 Å². The minimum Gasteiger partial charge on any atom is -0.354 e. The molecule has 0 radical (unpaired) electrons. The Morgan fingerprint density at radius 3 is 2.67 bits per heavy atom. The van der Waals surface area contributed by atoms with Gasteiger partial charge in [-0.05, 0) is 57.7 Å². The lowest BCUT2D eigenvalue weighted by molar-refractivity contribution is 0.617. The lowest BCUT2D eigenvalue weighted by Gasteiger charge is -2.28. The number of unbranched alkanes of at least 4 members (excludes halogenated alkanes) is 2. The van der Waals surface area contributed by atoms with Gasteiger partial charge >= 0.3 is 0 Å². The first-order valence-corrected chi connectivity index (χ1v) is 8.57. The van der Waals surface area contributed by atoms with Gasteiger partial charge in [-0.25, -0.2) is 4.98 Å². The lowest BCUT2D eigenvalue weighted by atomic mass is 10.1. The molecule has 1 aromatic heterocycles. The highest BCUT2D eigenvalue weighted by molar-refractivity contribution is 5.43. The summed E-state index contributed by atoms with van der Waals surface area (Å²) in [5.41, 5.74) is 2.49. The fourth-order valence-corrected chi connectivity index (χ4v) is 2.69. The first kappa shape index (κ1) is 16.3. The highest BCUT2D eigenvalue weighted by Gasteiger charge is 2.20. The zero-order chi connectivity index (χ0) is 15.2. The molecule has 1 N–H and O–H groups in total. The van der Waals surface area contributed by atoms with Gasteiger partial charge in [0.2, 0.25) is 0 Å². The van der Waals surface area contributed by atoms with Crippen LogP contribution in [0.2, 0.25) is 0 Å². The number of hydrogen-bond donors (Lipinski definition) is 1. The van der Waals surface area contributed by atoms with Gasteiger partial charge in [0.1, 0.15) is 5.82 Å². The van der Waals surface area contributed by atoms with Crippen LogP contribution in [0.4, 0.5) is 5.82 Å². The second-order valence-electron chi connectivity index (χ2n) is 6.62. The van der Waals surface area contributed by atoms with Gasteiger partial charge in [0.25, 0.3) is 0 Å². The van der Waals surface area contributed by atoms with Crippen molar-refractivity contribution in [3.05, 3.63) is 23.4 Å². The zero-order valence-electron chi connectivity index (χ0n) is 14.2. The van der Waals surface area contributed by atoms with Crippen LogP contribution in [0.1, 0.15) is 64.1 Å². The monoisotopic (exact) mass is 289 g/mol. The second kappa shape index (κ2) is 7.79. The first-order valence-electron chi connectivity index (χ1n) is 8.57. The van der Waals surface area contributed by atoms with E-state index in [-0.39, 0.29) is 0 Å². The zero-order valence-corrected chi connectivity index (χ0v) is 14.2. The number of aromatic nitrogens is 1. The van der Waals surface area contributed by atoms with Crippen molar-refractivity contribution in [3.8, 4) is 0 Å². The van der Waals surface area contributed by atoms with Gasteiger partial charge in [-0.2, -0.15) is 0 Å². The van der Waals surface area contributed by atoms with Crippen molar-refractivity contribution in [2.75, 3.05) is 11.4 Å². The highest BCUT2D eigenvalue weighted by Crippen LogP contribution is 2.21. The lowest BCUT2D eigenvalue weighted by Crippen LogP contribution is -2.32. The minimum absolute atomic E-state index is 0.500. The van der Waals surface area contributed by atoms with E-state index in [1.165, 1.54) is 37.7 Å². The van der Waals surface area contributed by atoms with Crippen molar-refractivity contribution in [2.24, 2.45) is 0 Å². The number of aryl methyl sites for hydroxylation is 1. The smallest absolute Gasteiger partial charge is 0.129 e. The molecule has 3 nitrogen and oxygen atoms in total. The molecule has 3 heteroatoms. The molecule has 0 bridgehead atoms. The number of anilines is 1. The number of rotatable bonds is 9. The molecule has 0 atom stereocenters. The molecule has 1 aliphatic rings. The molecule has 0 amide bonds. The molecular weight excluding hydrogens is 258 g/mol. The van der Waals surface area contributed by atoms with E-state index in [4.69, 9.17) is 4.98 Å². The van der Waals surface area contributed by atoms with Crippen molar-refractivity contribution in [1.29, 1.82) is 0 Å². The van der Waals surface area contributed by atoms with Gasteiger partial charge in [-0.3, -0.25) is 0 Å². The Kier molecular flexibility index (Phi) is 6.04. The molecule has 0 aromatic carbocycles. The van der Waals surface area contributed by atoms with E-state index in [1.54, 1.807) is 0 Å². The molecule has 1 aliphatic carbocycles. The standard InChI is InChI=1S/C18H31N3/c1-5-6-7-10-21(14(2)3)18-12-16(11-15(4)20-18)13-19-17-8-9-17/h11-12,14,17,19H,5-10,13H2,1-4H3. The molecular formula is C18H31N3. The third-order valence-corrected chi connectivity index (χ3v) is 4.09. The van der Waals surface area contributed by atoms with Crippen LogP contribution >= 0.6 is 0 Å². The van der Waals surface area contributed by atoms with Gasteiger partial charge in [0, 0.05) is 30.9 Å². The maximum absolute atomic E-state index is 4.78. The van der Waals surface area contributed by atoms with Crippen molar-refractivity contribution in [1.82, 2.24) is 10.3 Å². The van der Waals surface area contributed by atoms with E-state index in [0.717, 1.165) is 30.6 Å². The molecule has 1 aromatic rings. The second-order valence-corrected chi connectivity index (χ2v) is 6.62. The van der Waals surface area contributed by atoms with Crippen LogP contribution in [-0.4, -0.2) is 23.6 Å². The van der Waals surface area contributed by atoms with E-state index < -0.39 is 0 Å². The summed E-state index contributed by atoms with van der Waals surface area (Å²) < 4.78 is 0. The number of hydrogen-bond acceptors (Lipinski definition) is 3. The summed E-state index contributed by atoms with van der Waals surface area (Å²) >= 11 is 0. The van der Waals surface area contributed by atoms with Crippen molar-refractivity contribution < 1.29 is 0 Å². The average molecular weight is 289 g/mol. The predicted molar refractivity (Wildman–Crippen MR) is 90.8 cm³/mol. The molecule has 118 valence electrons. The Morgan fingerprint density at radius 2 is 2.05 bits per heavy atom. The van der Waals surface area contributed by atoms with Crippen molar-refractivity contribution in [2.45, 2.75) is 78.4 Å². The maximum Gasteiger partial charge on any atom is 0.129 e. The molecule has 0 spiro atoms. The van der Waals surface area contributed by atoms with Crippen LogP contribution in [0.5, 0.6) is 0 Å². The highest BCUT2D eigenvalue weighted by atomic mass is 15.2. The Bertz CT molecular complexity index is 438. The van der Waals surface area contributed by atoms with E-state index >= 15 is 0 Å². The summed E-state index contributed by atoms with van der Waals surface area (Å²) in [5, 5.41) is 3.60. The predicted octanol–water partition coefficient (Wildman–Crippen LogP) is 4.05. The summed E-state index contributed by atoms with van der Waals surface area (Å²) in [5.74, 6) is 1.15. The molecule has 2 rings (SSSR count). The quantitative estimate of drug-likeness (QED) is 0.695. The Balaban J connectivity index is 2.06. The van der Waals surface area contributed by atoms with Crippen LogP contribution < -0.4 is 10.2 Å². The van der Waals surface area contributed by atoms with Gasteiger partial charge in [-0.15, -0.1) is 0 Å². The molecule has 1 saturated carbocycles. The van der Waals surface area contributed by atoms with E-state index in [1.807, 2.05) is 0 Å². The average Bonchev–Trinajstić information content (AvgIpc) is 3.24. The summed E-state index contributed by atoms with van der Waals surface area (Å²) in [4.78, 5) is 7.22. The normalized spacial score (nSPS) is 14.7. The topological polar surface area (TPSA) is 28.2 Å². The number of pyridine rings is 1. The third-order valence-electron chi connectivity index (χ3n) is 4.09. The fraction of sp³-hybridized carbons (Fsp3) is 0.722. The summed E-state index contributed by atoms with van der Waals surface area (Å²) in [6.45, 7) is 11.0. The maximum atomic E-state index is 4.78. The molecule has 0 unspecified atom stereocenters.